The summed E-state index contributed by atoms with van der Waals surface area (Å²) in [5.41, 5.74) is 6.41. The number of hydrogen-bond acceptors (Lipinski definition) is 4. The summed E-state index contributed by atoms with van der Waals surface area (Å²) in [4.78, 5) is 15.8. The lowest BCUT2D eigenvalue weighted by molar-refractivity contribution is 0.101. The van der Waals surface area contributed by atoms with Crippen molar-refractivity contribution in [3.05, 3.63) is 18.0 Å². The van der Waals surface area contributed by atoms with Crippen LogP contribution in [0.4, 0.5) is 5.69 Å². The third kappa shape index (κ3) is 5.75. The van der Waals surface area contributed by atoms with Crippen LogP contribution in [0.5, 0.6) is 0 Å². The van der Waals surface area contributed by atoms with E-state index in [1.54, 1.807) is 24.0 Å². The molecule has 0 bridgehead atoms. The van der Waals surface area contributed by atoms with E-state index in [4.69, 9.17) is 5.73 Å². The number of pyridine rings is 1. The second kappa shape index (κ2) is 10.5. The van der Waals surface area contributed by atoms with E-state index in [-0.39, 0.29) is 5.78 Å². The molecule has 0 unspecified atom stereocenters. The number of carbonyl (C=O) groups excluding carboxylic acids is 1. The molecule has 0 radical (unpaired) electrons. The molecule has 0 saturated heterocycles. The highest BCUT2D eigenvalue weighted by atomic mass is 32.2. The van der Waals surface area contributed by atoms with Crippen molar-refractivity contribution in [3.8, 4) is 0 Å². The normalized spacial score (nSPS) is 8.12. The first-order chi connectivity index (χ1) is 7.65. The SMILES string of the molecule is CC.CC.CSc1cnc(C(C)=O)c(N)c1. The highest BCUT2D eigenvalue weighted by Gasteiger charge is 2.05. The minimum atomic E-state index is -0.0971. The van der Waals surface area contributed by atoms with E-state index < -0.39 is 0 Å². The van der Waals surface area contributed by atoms with Gasteiger partial charge in [0.25, 0.3) is 0 Å². The van der Waals surface area contributed by atoms with Crippen molar-refractivity contribution in [2.75, 3.05) is 12.0 Å². The molecule has 4 heteroatoms. The molecule has 3 nitrogen and oxygen atoms in total. The number of anilines is 1. The summed E-state index contributed by atoms with van der Waals surface area (Å²) in [5, 5.41) is 0. The van der Waals surface area contributed by atoms with Crippen molar-refractivity contribution in [2.45, 2.75) is 39.5 Å². The Labute approximate surface area is 103 Å². The molecule has 1 rings (SSSR count). The molecule has 0 aromatic carbocycles. The van der Waals surface area contributed by atoms with E-state index in [1.165, 1.54) is 6.92 Å². The van der Waals surface area contributed by atoms with Crippen molar-refractivity contribution in [2.24, 2.45) is 0 Å². The van der Waals surface area contributed by atoms with Gasteiger partial charge in [-0.15, -0.1) is 11.8 Å². The van der Waals surface area contributed by atoms with Gasteiger partial charge >= 0.3 is 0 Å². The first-order valence-electron chi connectivity index (χ1n) is 5.45. The minimum Gasteiger partial charge on any atom is -0.397 e. The number of nitrogens with zero attached hydrogens (tertiary/aromatic N) is 1. The lowest BCUT2D eigenvalue weighted by atomic mass is 10.2. The maximum Gasteiger partial charge on any atom is 0.180 e. The van der Waals surface area contributed by atoms with E-state index in [9.17, 15) is 4.79 Å². The van der Waals surface area contributed by atoms with Crippen LogP contribution in [0.15, 0.2) is 17.2 Å². The number of thioether (sulfide) groups is 1. The molecular weight excluding hydrogens is 220 g/mol. The van der Waals surface area contributed by atoms with Crippen LogP contribution in [0.2, 0.25) is 0 Å². The van der Waals surface area contributed by atoms with Gasteiger partial charge in [0.2, 0.25) is 0 Å². The third-order valence-corrected chi connectivity index (χ3v) is 2.16. The number of aromatic nitrogens is 1. The Balaban J connectivity index is 0. The molecule has 2 N–H and O–H groups in total. The van der Waals surface area contributed by atoms with Crippen LogP contribution in [-0.2, 0) is 0 Å². The number of hydrogen-bond donors (Lipinski definition) is 1. The number of Topliss-reactive ketones (excluding diaryl/α,β-unsaturated/α-hetero) is 1. The largest absolute Gasteiger partial charge is 0.397 e. The number of carbonyl (C=O) groups is 1. The Morgan fingerprint density at radius 3 is 2.12 bits per heavy atom. The second-order valence-corrected chi connectivity index (χ2v) is 3.25. The molecule has 0 aliphatic carbocycles. The molecule has 0 spiro atoms. The van der Waals surface area contributed by atoms with Crippen LogP contribution in [0, 0.1) is 0 Å². The van der Waals surface area contributed by atoms with Crippen LogP contribution in [-0.4, -0.2) is 17.0 Å². The van der Waals surface area contributed by atoms with Crippen LogP contribution in [0.25, 0.3) is 0 Å². The van der Waals surface area contributed by atoms with Crippen molar-refractivity contribution in [3.63, 3.8) is 0 Å². The number of nitrogens with two attached hydrogens (primary N) is 1. The summed E-state index contributed by atoms with van der Waals surface area (Å²) < 4.78 is 0. The lowest BCUT2D eigenvalue weighted by Crippen LogP contribution is -2.02. The fourth-order valence-corrected chi connectivity index (χ4v) is 1.27. The summed E-state index contributed by atoms with van der Waals surface area (Å²) in [6.07, 6.45) is 3.58. The van der Waals surface area contributed by atoms with Gasteiger partial charge in [-0.2, -0.15) is 0 Å². The Bertz CT molecular complexity index is 314. The molecule has 16 heavy (non-hydrogen) atoms. The van der Waals surface area contributed by atoms with Crippen LogP contribution in [0.3, 0.4) is 0 Å². The Kier molecular flexibility index (Phi) is 11.4. The zero-order valence-corrected chi connectivity index (χ0v) is 11.8. The van der Waals surface area contributed by atoms with Gasteiger partial charge in [-0.1, -0.05) is 27.7 Å². The fraction of sp³-hybridized carbons (Fsp3) is 0.500. The first kappa shape index (κ1) is 17.4. The fourth-order valence-electron chi connectivity index (χ4n) is 0.867. The number of ketones is 1. The summed E-state index contributed by atoms with van der Waals surface area (Å²) in [6.45, 7) is 9.46. The quantitative estimate of drug-likeness (QED) is 0.635. The standard InChI is InChI=1S/C8H10N2OS.2C2H6/c1-5(11)8-7(9)3-6(12-2)4-10-8;2*1-2/h3-4H,9H2,1-2H3;2*1-2H3. The average molecular weight is 242 g/mol. The number of nitrogen functional groups attached to an aromatic ring is 1. The summed E-state index contributed by atoms with van der Waals surface area (Å²) in [6, 6.07) is 1.76. The maximum absolute atomic E-state index is 10.9. The molecule has 0 aliphatic rings. The van der Waals surface area contributed by atoms with Gasteiger partial charge in [-0.25, -0.2) is 4.98 Å². The van der Waals surface area contributed by atoms with Gasteiger partial charge in [-0.05, 0) is 12.3 Å². The highest BCUT2D eigenvalue weighted by Crippen LogP contribution is 2.18. The van der Waals surface area contributed by atoms with E-state index in [0.29, 0.717) is 11.4 Å². The molecule has 0 fully saturated rings. The molecule has 1 aromatic rings. The summed E-state index contributed by atoms with van der Waals surface area (Å²) >= 11 is 1.55. The maximum atomic E-state index is 10.9. The monoisotopic (exact) mass is 242 g/mol. The van der Waals surface area contributed by atoms with Crippen molar-refractivity contribution in [1.82, 2.24) is 4.98 Å². The van der Waals surface area contributed by atoms with Gasteiger partial charge in [0, 0.05) is 18.0 Å². The molecule has 0 amide bonds. The van der Waals surface area contributed by atoms with Crippen LogP contribution in [0.1, 0.15) is 45.1 Å². The van der Waals surface area contributed by atoms with Crippen LogP contribution >= 0.6 is 11.8 Å². The molecule has 0 aliphatic heterocycles. The average Bonchev–Trinajstić information content (AvgIpc) is 2.33. The minimum absolute atomic E-state index is 0.0971. The van der Waals surface area contributed by atoms with Gasteiger partial charge in [-0.3, -0.25) is 4.79 Å². The molecular formula is C12H22N2OS. The van der Waals surface area contributed by atoms with Gasteiger partial charge in [0.1, 0.15) is 5.69 Å². The third-order valence-electron chi connectivity index (χ3n) is 1.46. The van der Waals surface area contributed by atoms with Gasteiger partial charge in [0.05, 0.1) is 5.69 Å². The van der Waals surface area contributed by atoms with Crippen molar-refractivity contribution in [1.29, 1.82) is 0 Å². The highest BCUT2D eigenvalue weighted by molar-refractivity contribution is 7.98. The van der Waals surface area contributed by atoms with E-state index >= 15 is 0 Å². The predicted molar refractivity (Wildman–Crippen MR) is 73.1 cm³/mol. The van der Waals surface area contributed by atoms with E-state index in [2.05, 4.69) is 4.98 Å². The Hall–Kier alpha value is -1.03. The molecule has 1 heterocycles. The van der Waals surface area contributed by atoms with Crippen molar-refractivity contribution < 1.29 is 4.79 Å². The zero-order chi connectivity index (χ0) is 13.1. The summed E-state index contributed by atoms with van der Waals surface area (Å²) in [7, 11) is 0. The number of rotatable bonds is 2. The molecule has 0 atom stereocenters. The molecule has 92 valence electrons. The lowest BCUT2D eigenvalue weighted by Gasteiger charge is -2.01. The Morgan fingerprint density at radius 2 is 1.81 bits per heavy atom. The first-order valence-corrected chi connectivity index (χ1v) is 6.68. The Morgan fingerprint density at radius 1 is 1.31 bits per heavy atom. The smallest absolute Gasteiger partial charge is 0.180 e. The van der Waals surface area contributed by atoms with Gasteiger partial charge in [0.15, 0.2) is 5.78 Å². The molecule has 1 aromatic heterocycles. The molecule has 0 saturated carbocycles. The van der Waals surface area contributed by atoms with E-state index in [0.717, 1.165) is 4.90 Å². The zero-order valence-electron chi connectivity index (χ0n) is 11.0. The second-order valence-electron chi connectivity index (χ2n) is 2.37. The van der Waals surface area contributed by atoms with Crippen LogP contribution < -0.4 is 5.73 Å². The predicted octanol–water partition coefficient (Wildman–Crippen LogP) is 3.64. The van der Waals surface area contributed by atoms with Gasteiger partial charge < -0.3 is 5.73 Å². The topological polar surface area (TPSA) is 56.0 Å². The summed E-state index contributed by atoms with van der Waals surface area (Å²) in [5.74, 6) is -0.0971. The van der Waals surface area contributed by atoms with Crippen molar-refractivity contribution >= 4 is 23.2 Å². The van der Waals surface area contributed by atoms with E-state index in [1.807, 2.05) is 34.0 Å².